The SMILES string of the molecule is O=C(/C=C/c1ccc(O)c(O)c1)O[C@H]1CC[C@@]2(C(=O)O)CCCCC2C1. The monoisotopic (exact) mass is 360 g/mol. The normalized spacial score (nSPS) is 28.5. The molecule has 1 aromatic rings. The summed E-state index contributed by atoms with van der Waals surface area (Å²) in [6.07, 6.45) is 7.85. The minimum Gasteiger partial charge on any atom is -0.504 e. The quantitative estimate of drug-likeness (QED) is 0.431. The molecule has 6 nitrogen and oxygen atoms in total. The van der Waals surface area contributed by atoms with E-state index in [2.05, 4.69) is 0 Å². The van der Waals surface area contributed by atoms with Gasteiger partial charge in [0.05, 0.1) is 5.41 Å². The van der Waals surface area contributed by atoms with Gasteiger partial charge in [0.15, 0.2) is 11.5 Å². The molecule has 1 unspecified atom stereocenters. The van der Waals surface area contributed by atoms with Crippen molar-refractivity contribution >= 4 is 18.0 Å². The molecule has 3 atom stereocenters. The van der Waals surface area contributed by atoms with Gasteiger partial charge in [0.2, 0.25) is 0 Å². The topological polar surface area (TPSA) is 104 Å². The van der Waals surface area contributed by atoms with Crippen molar-refractivity contribution in [2.24, 2.45) is 11.3 Å². The highest BCUT2D eigenvalue weighted by molar-refractivity contribution is 5.87. The maximum absolute atomic E-state index is 12.1. The van der Waals surface area contributed by atoms with E-state index < -0.39 is 17.4 Å². The van der Waals surface area contributed by atoms with Crippen LogP contribution in [-0.2, 0) is 14.3 Å². The van der Waals surface area contributed by atoms with Crippen LogP contribution in [0.5, 0.6) is 11.5 Å². The summed E-state index contributed by atoms with van der Waals surface area (Å²) in [5.41, 5.74) is -0.0707. The van der Waals surface area contributed by atoms with Gasteiger partial charge in [0.25, 0.3) is 0 Å². The van der Waals surface area contributed by atoms with Gasteiger partial charge in [0.1, 0.15) is 6.10 Å². The number of esters is 1. The first kappa shape index (κ1) is 18.3. The number of carboxylic acid groups (broad SMARTS) is 1. The first-order valence-electron chi connectivity index (χ1n) is 9.05. The average Bonchev–Trinajstić information content (AvgIpc) is 2.62. The Morgan fingerprint density at radius 2 is 1.92 bits per heavy atom. The number of carboxylic acids is 1. The zero-order chi connectivity index (χ0) is 18.7. The number of benzene rings is 1. The highest BCUT2D eigenvalue weighted by atomic mass is 16.5. The molecule has 0 saturated heterocycles. The molecule has 2 fully saturated rings. The minimum absolute atomic E-state index is 0.0679. The van der Waals surface area contributed by atoms with Crippen molar-refractivity contribution < 1.29 is 29.6 Å². The van der Waals surface area contributed by atoms with Crippen molar-refractivity contribution in [2.45, 2.75) is 51.0 Å². The molecule has 0 spiro atoms. The third-order valence-electron chi connectivity index (χ3n) is 5.79. The van der Waals surface area contributed by atoms with Crippen LogP contribution in [0.15, 0.2) is 24.3 Å². The Hall–Kier alpha value is -2.50. The number of aliphatic carboxylic acids is 1. The van der Waals surface area contributed by atoms with Gasteiger partial charge in [-0.25, -0.2) is 4.79 Å². The fourth-order valence-corrected chi connectivity index (χ4v) is 4.35. The van der Waals surface area contributed by atoms with E-state index in [9.17, 15) is 24.9 Å². The number of carbonyl (C=O) groups is 2. The summed E-state index contributed by atoms with van der Waals surface area (Å²) >= 11 is 0. The predicted molar refractivity (Wildman–Crippen MR) is 94.6 cm³/mol. The molecule has 0 aliphatic heterocycles. The molecule has 2 saturated carbocycles. The van der Waals surface area contributed by atoms with Gasteiger partial charge >= 0.3 is 11.9 Å². The molecular formula is C20H24O6. The van der Waals surface area contributed by atoms with Crippen molar-refractivity contribution in [1.29, 1.82) is 0 Å². The van der Waals surface area contributed by atoms with Gasteiger partial charge in [-0.05, 0) is 61.8 Å². The van der Waals surface area contributed by atoms with Gasteiger partial charge in [-0.2, -0.15) is 0 Å². The van der Waals surface area contributed by atoms with Crippen LogP contribution in [-0.4, -0.2) is 33.4 Å². The molecule has 3 rings (SSSR count). The Bertz CT molecular complexity index is 725. The fourth-order valence-electron chi connectivity index (χ4n) is 4.35. The van der Waals surface area contributed by atoms with Gasteiger partial charge in [-0.15, -0.1) is 0 Å². The second-order valence-electron chi connectivity index (χ2n) is 7.32. The van der Waals surface area contributed by atoms with E-state index in [0.717, 1.165) is 25.7 Å². The van der Waals surface area contributed by atoms with Crippen LogP contribution in [0, 0.1) is 11.3 Å². The fraction of sp³-hybridized carbons (Fsp3) is 0.500. The predicted octanol–water partition coefficient (Wildman–Crippen LogP) is 3.47. The summed E-state index contributed by atoms with van der Waals surface area (Å²) in [6.45, 7) is 0. The molecule has 0 radical (unpaired) electrons. The second-order valence-corrected chi connectivity index (χ2v) is 7.32. The van der Waals surface area contributed by atoms with Crippen LogP contribution >= 0.6 is 0 Å². The third kappa shape index (κ3) is 3.69. The molecule has 6 heteroatoms. The lowest BCUT2D eigenvalue weighted by Crippen LogP contribution is -2.47. The summed E-state index contributed by atoms with van der Waals surface area (Å²) in [6, 6.07) is 4.27. The number of rotatable bonds is 4. The molecule has 0 heterocycles. The minimum atomic E-state index is -0.709. The van der Waals surface area contributed by atoms with Crippen LogP contribution in [0.3, 0.4) is 0 Å². The van der Waals surface area contributed by atoms with Gasteiger partial charge in [-0.1, -0.05) is 18.9 Å². The summed E-state index contributed by atoms with van der Waals surface area (Å²) in [5.74, 6) is -1.60. The van der Waals surface area contributed by atoms with E-state index in [1.807, 2.05) is 0 Å². The largest absolute Gasteiger partial charge is 0.504 e. The highest BCUT2D eigenvalue weighted by Crippen LogP contribution is 2.51. The summed E-state index contributed by atoms with van der Waals surface area (Å²) in [5, 5.41) is 28.4. The Balaban J connectivity index is 1.59. The van der Waals surface area contributed by atoms with Crippen molar-refractivity contribution in [3.63, 3.8) is 0 Å². The second kappa shape index (κ2) is 7.40. The average molecular weight is 360 g/mol. The molecule has 2 aliphatic carbocycles. The van der Waals surface area contributed by atoms with Crippen molar-refractivity contribution in [3.05, 3.63) is 29.8 Å². The van der Waals surface area contributed by atoms with Crippen LogP contribution in [0.25, 0.3) is 6.08 Å². The molecule has 1 aromatic carbocycles. The standard InChI is InChI=1S/C20H24O6/c21-16-6-4-13(11-17(16)22)5-7-18(23)26-15-8-10-20(19(24)25)9-2-1-3-14(20)12-15/h4-7,11,14-15,21-22H,1-3,8-10,12H2,(H,24,25)/b7-5+/t14?,15-,20-/m0/s1. The number of phenolic OH excluding ortho intramolecular Hbond substituents is 2. The highest BCUT2D eigenvalue weighted by Gasteiger charge is 2.50. The maximum Gasteiger partial charge on any atom is 0.331 e. The van der Waals surface area contributed by atoms with Gasteiger partial charge in [-0.3, -0.25) is 4.79 Å². The van der Waals surface area contributed by atoms with E-state index >= 15 is 0 Å². The molecule has 140 valence electrons. The number of carbonyl (C=O) groups excluding carboxylic acids is 1. The van der Waals surface area contributed by atoms with E-state index in [4.69, 9.17) is 4.74 Å². The lowest BCUT2D eigenvalue weighted by atomic mass is 9.59. The molecular weight excluding hydrogens is 336 g/mol. The van der Waals surface area contributed by atoms with Gasteiger partial charge < -0.3 is 20.1 Å². The van der Waals surface area contributed by atoms with Crippen molar-refractivity contribution in [1.82, 2.24) is 0 Å². The van der Waals surface area contributed by atoms with E-state index in [1.165, 1.54) is 24.3 Å². The molecule has 0 aromatic heterocycles. The van der Waals surface area contributed by atoms with Crippen LogP contribution in [0.4, 0.5) is 0 Å². The number of aromatic hydroxyl groups is 2. The van der Waals surface area contributed by atoms with Crippen LogP contribution in [0.1, 0.15) is 50.5 Å². The Morgan fingerprint density at radius 3 is 2.65 bits per heavy atom. The lowest BCUT2D eigenvalue weighted by Gasteiger charge is -2.46. The summed E-state index contributed by atoms with van der Waals surface area (Å²) in [7, 11) is 0. The van der Waals surface area contributed by atoms with Gasteiger partial charge in [0, 0.05) is 6.08 Å². The summed E-state index contributed by atoms with van der Waals surface area (Å²) < 4.78 is 5.51. The molecule has 0 amide bonds. The maximum atomic E-state index is 12.1. The van der Waals surface area contributed by atoms with Crippen LogP contribution in [0.2, 0.25) is 0 Å². The number of phenols is 2. The van der Waals surface area contributed by atoms with Crippen molar-refractivity contribution in [3.8, 4) is 11.5 Å². The number of ether oxygens (including phenoxy) is 1. The molecule has 26 heavy (non-hydrogen) atoms. The molecule has 3 N–H and O–H groups in total. The Morgan fingerprint density at radius 1 is 1.12 bits per heavy atom. The smallest absolute Gasteiger partial charge is 0.331 e. The third-order valence-corrected chi connectivity index (χ3v) is 5.79. The number of hydrogen-bond acceptors (Lipinski definition) is 5. The van der Waals surface area contributed by atoms with E-state index in [1.54, 1.807) is 6.07 Å². The Kier molecular flexibility index (Phi) is 5.20. The van der Waals surface area contributed by atoms with Crippen LogP contribution < -0.4 is 0 Å². The van der Waals surface area contributed by atoms with Crippen molar-refractivity contribution in [2.75, 3.05) is 0 Å². The number of fused-ring (bicyclic) bond motifs is 1. The summed E-state index contributed by atoms with van der Waals surface area (Å²) in [4.78, 5) is 23.9. The molecule has 2 aliphatic rings. The molecule has 0 bridgehead atoms. The van der Waals surface area contributed by atoms with E-state index in [0.29, 0.717) is 24.8 Å². The zero-order valence-electron chi connectivity index (χ0n) is 14.6. The number of hydrogen-bond donors (Lipinski definition) is 3. The first-order chi connectivity index (χ1) is 12.4. The zero-order valence-corrected chi connectivity index (χ0v) is 14.6. The Labute approximate surface area is 152 Å². The van der Waals surface area contributed by atoms with E-state index in [-0.39, 0.29) is 23.5 Å². The first-order valence-corrected chi connectivity index (χ1v) is 9.05. The lowest BCUT2D eigenvalue weighted by molar-refractivity contribution is -0.164.